The van der Waals surface area contributed by atoms with Crippen LogP contribution in [0.25, 0.3) is 22.2 Å². The highest BCUT2D eigenvalue weighted by molar-refractivity contribution is 6.09. The number of aryl methyl sites for hydroxylation is 2. The number of hydrogen-bond acceptors (Lipinski definition) is 6. The molecule has 0 bridgehead atoms. The van der Waals surface area contributed by atoms with Gasteiger partial charge in [-0.2, -0.15) is 10.4 Å². The summed E-state index contributed by atoms with van der Waals surface area (Å²) in [5.74, 6) is 0.0823. The molecule has 178 valence electrons. The minimum absolute atomic E-state index is 0.209. The van der Waals surface area contributed by atoms with Crippen LogP contribution < -0.4 is 4.90 Å². The second-order valence-electron chi connectivity index (χ2n) is 9.48. The Morgan fingerprint density at radius 3 is 2.57 bits per heavy atom. The number of nitrogens with one attached hydrogen (secondary N) is 2. The fraction of sp³-hybridized carbons (Fsp3) is 0.333. The Kier molecular flexibility index (Phi) is 5.87. The average Bonchev–Trinajstić information content (AvgIpc) is 3.45. The van der Waals surface area contributed by atoms with E-state index in [0.717, 1.165) is 59.6 Å². The summed E-state index contributed by atoms with van der Waals surface area (Å²) in [6.45, 7) is 5.80. The van der Waals surface area contributed by atoms with E-state index in [1.54, 1.807) is 18.2 Å². The van der Waals surface area contributed by atoms with Crippen LogP contribution in [0.4, 0.5) is 5.69 Å². The lowest BCUT2D eigenvalue weighted by Gasteiger charge is -2.36. The van der Waals surface area contributed by atoms with Crippen molar-refractivity contribution in [3.8, 4) is 17.2 Å². The van der Waals surface area contributed by atoms with E-state index in [-0.39, 0.29) is 5.78 Å². The Balaban J connectivity index is 1.44. The molecular formula is C27H29N7O. The number of H-pyrrole nitrogens is 2. The smallest absolute Gasteiger partial charge is 0.228 e. The molecule has 0 unspecified atom stereocenters. The van der Waals surface area contributed by atoms with Crippen molar-refractivity contribution in [3.63, 3.8) is 0 Å². The standard InChI is InChI=1S/C27H29N7O/c1-16-25(17(2)32-31-16)22-13-18(5-6-19(22)15-28)26(35)27-29-23-8-7-21(14-24(23)30-27)34-11-9-20(10-12-34)33(3)4/h5-8,13-14,20H,9-12H2,1-4H3,(H,29,30)(H,31,32). The number of nitrogens with zero attached hydrogens (tertiary/aromatic N) is 5. The quantitative estimate of drug-likeness (QED) is 0.426. The first-order valence-electron chi connectivity index (χ1n) is 11.9. The third kappa shape index (κ3) is 4.19. The molecule has 0 amide bonds. The SMILES string of the molecule is Cc1n[nH]c(C)c1-c1cc(C(=O)c2nc3cc(N4CCC(N(C)C)CC4)ccc3[nH]2)ccc1C#N. The third-order valence-electron chi connectivity index (χ3n) is 7.04. The number of nitriles is 1. The number of carbonyl (C=O) groups excluding carboxylic acids is 1. The molecule has 1 aliphatic rings. The molecular weight excluding hydrogens is 438 g/mol. The molecule has 0 atom stereocenters. The van der Waals surface area contributed by atoms with Crippen molar-refractivity contribution in [2.24, 2.45) is 0 Å². The van der Waals surface area contributed by atoms with Gasteiger partial charge in [-0.15, -0.1) is 0 Å². The number of imidazole rings is 1. The zero-order valence-corrected chi connectivity index (χ0v) is 20.5. The van der Waals surface area contributed by atoms with Gasteiger partial charge in [-0.05, 0) is 77.2 Å². The predicted molar refractivity (Wildman–Crippen MR) is 137 cm³/mol. The van der Waals surface area contributed by atoms with Crippen LogP contribution in [0.2, 0.25) is 0 Å². The first kappa shape index (κ1) is 22.8. The molecule has 0 radical (unpaired) electrons. The average molecular weight is 468 g/mol. The maximum Gasteiger partial charge on any atom is 0.228 e. The van der Waals surface area contributed by atoms with Gasteiger partial charge in [0.15, 0.2) is 5.82 Å². The van der Waals surface area contributed by atoms with Crippen LogP contribution in [-0.2, 0) is 0 Å². The van der Waals surface area contributed by atoms with E-state index in [1.807, 2.05) is 19.9 Å². The lowest BCUT2D eigenvalue weighted by atomic mass is 9.95. The Bertz CT molecular complexity index is 1430. The predicted octanol–water partition coefficient (Wildman–Crippen LogP) is 4.20. The summed E-state index contributed by atoms with van der Waals surface area (Å²) in [4.78, 5) is 25.9. The van der Waals surface area contributed by atoms with Crippen LogP contribution in [0.3, 0.4) is 0 Å². The number of anilines is 1. The van der Waals surface area contributed by atoms with Crippen LogP contribution in [0.1, 0.15) is 46.0 Å². The van der Waals surface area contributed by atoms with Crippen LogP contribution in [-0.4, -0.2) is 64.1 Å². The Morgan fingerprint density at radius 1 is 1.14 bits per heavy atom. The van der Waals surface area contributed by atoms with Gasteiger partial charge in [-0.3, -0.25) is 9.89 Å². The second-order valence-corrected chi connectivity index (χ2v) is 9.48. The van der Waals surface area contributed by atoms with Crippen molar-refractivity contribution < 1.29 is 4.79 Å². The summed E-state index contributed by atoms with van der Waals surface area (Å²) in [5, 5.41) is 16.8. The van der Waals surface area contributed by atoms with E-state index in [0.29, 0.717) is 28.6 Å². The van der Waals surface area contributed by atoms with Gasteiger partial charge in [0.05, 0.1) is 28.4 Å². The summed E-state index contributed by atoms with van der Waals surface area (Å²) >= 11 is 0. The molecule has 0 saturated carbocycles. The highest BCUT2D eigenvalue weighted by Gasteiger charge is 2.22. The number of carbonyl (C=O) groups is 1. The first-order valence-corrected chi connectivity index (χ1v) is 11.9. The summed E-state index contributed by atoms with van der Waals surface area (Å²) in [5.41, 5.74) is 6.90. The summed E-state index contributed by atoms with van der Waals surface area (Å²) < 4.78 is 0. The first-order chi connectivity index (χ1) is 16.9. The van der Waals surface area contributed by atoms with Gasteiger partial charge in [-0.1, -0.05) is 0 Å². The van der Waals surface area contributed by atoms with Crippen molar-refractivity contribution >= 4 is 22.5 Å². The Labute approximate surface area is 204 Å². The topological polar surface area (TPSA) is 105 Å². The van der Waals surface area contributed by atoms with Crippen molar-refractivity contribution in [2.45, 2.75) is 32.7 Å². The lowest BCUT2D eigenvalue weighted by Crippen LogP contribution is -2.41. The van der Waals surface area contributed by atoms with E-state index in [4.69, 9.17) is 0 Å². The van der Waals surface area contributed by atoms with Gasteiger partial charge in [0.1, 0.15) is 0 Å². The van der Waals surface area contributed by atoms with E-state index >= 15 is 0 Å². The molecule has 35 heavy (non-hydrogen) atoms. The molecule has 2 aromatic carbocycles. The number of fused-ring (bicyclic) bond motifs is 1. The number of aromatic nitrogens is 4. The van der Waals surface area contributed by atoms with Crippen LogP contribution >= 0.6 is 0 Å². The van der Waals surface area contributed by atoms with Gasteiger partial charge < -0.3 is 14.8 Å². The van der Waals surface area contributed by atoms with Gasteiger partial charge in [0.2, 0.25) is 5.78 Å². The van der Waals surface area contributed by atoms with E-state index in [1.165, 1.54) is 0 Å². The highest BCUT2D eigenvalue weighted by Crippen LogP contribution is 2.30. The normalized spacial score (nSPS) is 14.6. The molecule has 0 aliphatic carbocycles. The number of rotatable bonds is 5. The monoisotopic (exact) mass is 467 g/mol. The van der Waals surface area contributed by atoms with Gasteiger partial charge in [0, 0.05) is 47.2 Å². The minimum Gasteiger partial charge on any atom is -0.371 e. The Morgan fingerprint density at radius 2 is 1.91 bits per heavy atom. The maximum absolute atomic E-state index is 13.4. The van der Waals surface area contributed by atoms with E-state index in [2.05, 4.69) is 62.3 Å². The summed E-state index contributed by atoms with van der Waals surface area (Å²) in [6, 6.07) is 14.1. The molecule has 8 heteroatoms. The molecule has 1 aliphatic heterocycles. The summed E-state index contributed by atoms with van der Waals surface area (Å²) in [7, 11) is 4.28. The van der Waals surface area contributed by atoms with E-state index < -0.39 is 0 Å². The van der Waals surface area contributed by atoms with Crippen LogP contribution in [0.5, 0.6) is 0 Å². The van der Waals surface area contributed by atoms with Gasteiger partial charge in [0.25, 0.3) is 0 Å². The fourth-order valence-corrected chi connectivity index (χ4v) is 5.01. The molecule has 3 heterocycles. The number of aromatic amines is 2. The number of hydrogen-bond donors (Lipinski definition) is 2. The molecule has 8 nitrogen and oxygen atoms in total. The molecule has 2 aromatic heterocycles. The van der Waals surface area contributed by atoms with Crippen molar-refractivity contribution in [1.29, 1.82) is 5.26 Å². The number of piperidine rings is 1. The number of ketones is 1. The van der Waals surface area contributed by atoms with Gasteiger partial charge >= 0.3 is 0 Å². The molecule has 4 aromatic rings. The molecule has 1 saturated heterocycles. The molecule has 1 fully saturated rings. The fourth-order valence-electron chi connectivity index (χ4n) is 5.01. The zero-order chi connectivity index (χ0) is 24.7. The van der Waals surface area contributed by atoms with Crippen LogP contribution in [0.15, 0.2) is 36.4 Å². The van der Waals surface area contributed by atoms with Gasteiger partial charge in [-0.25, -0.2) is 4.98 Å². The van der Waals surface area contributed by atoms with Crippen LogP contribution in [0, 0.1) is 25.2 Å². The maximum atomic E-state index is 13.4. The summed E-state index contributed by atoms with van der Waals surface area (Å²) in [6.07, 6.45) is 2.26. The highest BCUT2D eigenvalue weighted by atomic mass is 16.1. The van der Waals surface area contributed by atoms with Crippen molar-refractivity contribution in [3.05, 3.63) is 64.7 Å². The third-order valence-corrected chi connectivity index (χ3v) is 7.04. The van der Waals surface area contributed by atoms with Crippen molar-refractivity contribution in [2.75, 3.05) is 32.1 Å². The zero-order valence-electron chi connectivity index (χ0n) is 20.5. The molecule has 5 rings (SSSR count). The molecule has 2 N–H and O–H groups in total. The minimum atomic E-state index is -0.209. The largest absolute Gasteiger partial charge is 0.371 e. The Hall–Kier alpha value is -3.96. The second kappa shape index (κ2) is 9.01. The van der Waals surface area contributed by atoms with E-state index in [9.17, 15) is 10.1 Å². The van der Waals surface area contributed by atoms with Crippen molar-refractivity contribution in [1.82, 2.24) is 25.1 Å². The lowest BCUT2D eigenvalue weighted by molar-refractivity contribution is 0.103. The molecule has 0 spiro atoms. The number of benzene rings is 2.